The first-order valence-corrected chi connectivity index (χ1v) is 6.24. The zero-order valence-corrected chi connectivity index (χ0v) is 10.4. The van der Waals surface area contributed by atoms with E-state index in [1.807, 2.05) is 24.3 Å². The van der Waals surface area contributed by atoms with Crippen LogP contribution in [0, 0.1) is 5.92 Å². The van der Waals surface area contributed by atoms with Gasteiger partial charge in [0.1, 0.15) is 0 Å². The fraction of sp³-hybridized carbons (Fsp3) is 0.400. The Bertz CT molecular complexity index is 490. The largest absolute Gasteiger partial charge is 0.387 e. The van der Waals surface area contributed by atoms with E-state index in [4.69, 9.17) is 0 Å². The van der Waals surface area contributed by atoms with Crippen molar-refractivity contribution in [3.8, 4) is 0 Å². The fourth-order valence-corrected chi connectivity index (χ4v) is 2.07. The highest BCUT2D eigenvalue weighted by atomic mass is 16.3. The Morgan fingerprint density at radius 1 is 1.24 bits per heavy atom. The first-order valence-electron chi connectivity index (χ1n) is 6.24. The van der Waals surface area contributed by atoms with Crippen LogP contribution in [0.25, 0.3) is 10.8 Å². The lowest BCUT2D eigenvalue weighted by Gasteiger charge is -2.16. The molecule has 0 bridgehead atoms. The fourth-order valence-electron chi connectivity index (χ4n) is 2.07. The Labute approximate surface area is 102 Å². The Kier molecular flexibility index (Phi) is 3.75. The predicted molar refractivity (Wildman–Crippen MR) is 70.8 cm³/mol. The average Bonchev–Trinajstić information content (AvgIpc) is 2.37. The van der Waals surface area contributed by atoms with Gasteiger partial charge in [-0.25, -0.2) is 0 Å². The number of benzene rings is 1. The lowest BCUT2D eigenvalue weighted by atomic mass is 9.97. The molecule has 0 saturated heterocycles. The van der Waals surface area contributed by atoms with Gasteiger partial charge in [-0.15, -0.1) is 0 Å². The molecule has 2 heteroatoms. The summed E-state index contributed by atoms with van der Waals surface area (Å²) in [5, 5.41) is 12.5. The predicted octanol–water partition coefficient (Wildman–Crippen LogP) is 3.70. The van der Waals surface area contributed by atoms with E-state index in [-0.39, 0.29) is 0 Å². The highest BCUT2D eigenvalue weighted by molar-refractivity contribution is 5.84. The molecule has 0 aliphatic heterocycles. The van der Waals surface area contributed by atoms with Gasteiger partial charge in [-0.3, -0.25) is 4.98 Å². The molecule has 1 aromatic carbocycles. The van der Waals surface area contributed by atoms with Crippen molar-refractivity contribution in [1.29, 1.82) is 0 Å². The van der Waals surface area contributed by atoms with Crippen molar-refractivity contribution in [1.82, 2.24) is 4.98 Å². The van der Waals surface area contributed by atoms with E-state index < -0.39 is 6.10 Å². The summed E-state index contributed by atoms with van der Waals surface area (Å²) in [5.41, 5.74) is 0.809. The molecule has 2 unspecified atom stereocenters. The van der Waals surface area contributed by atoms with Crippen LogP contribution >= 0.6 is 0 Å². The molecule has 0 fully saturated rings. The maximum atomic E-state index is 10.3. The number of hydrogen-bond donors (Lipinski definition) is 1. The van der Waals surface area contributed by atoms with Crippen LogP contribution in [0.4, 0.5) is 0 Å². The summed E-state index contributed by atoms with van der Waals surface area (Å²) in [6, 6.07) is 10.1. The maximum Gasteiger partial charge on any atom is 0.0968 e. The third-order valence-electron chi connectivity index (χ3n) is 3.34. The summed E-state index contributed by atoms with van der Waals surface area (Å²) >= 11 is 0. The summed E-state index contributed by atoms with van der Waals surface area (Å²) in [4.78, 5) is 4.34. The molecule has 0 radical (unpaired) electrons. The highest BCUT2D eigenvalue weighted by Crippen LogP contribution is 2.27. The second-order valence-corrected chi connectivity index (χ2v) is 4.68. The normalized spacial score (nSPS) is 14.8. The number of hydrogen-bond acceptors (Lipinski definition) is 2. The first kappa shape index (κ1) is 12.1. The second kappa shape index (κ2) is 5.28. The van der Waals surface area contributed by atoms with Gasteiger partial charge in [-0.1, -0.05) is 44.5 Å². The summed E-state index contributed by atoms with van der Waals surface area (Å²) in [6.07, 6.45) is 3.17. The first-order chi connectivity index (χ1) is 8.22. The van der Waals surface area contributed by atoms with Gasteiger partial charge in [0.2, 0.25) is 0 Å². The summed E-state index contributed by atoms with van der Waals surface area (Å²) in [7, 11) is 0. The topological polar surface area (TPSA) is 33.1 Å². The van der Waals surface area contributed by atoms with Crippen LogP contribution in [0.15, 0.2) is 36.5 Å². The molecular formula is C15H19NO. The molecule has 90 valence electrons. The molecule has 0 aliphatic carbocycles. The molecule has 1 heterocycles. The Morgan fingerprint density at radius 2 is 2.00 bits per heavy atom. The number of aliphatic hydroxyl groups excluding tert-OH is 1. The van der Waals surface area contributed by atoms with Gasteiger partial charge in [0, 0.05) is 11.6 Å². The molecule has 2 rings (SSSR count). The van der Waals surface area contributed by atoms with Crippen molar-refractivity contribution in [3.63, 3.8) is 0 Å². The average molecular weight is 229 g/mol. The number of nitrogens with zero attached hydrogens (tertiary/aromatic N) is 1. The van der Waals surface area contributed by atoms with Crippen molar-refractivity contribution in [2.24, 2.45) is 5.92 Å². The number of pyridine rings is 1. The van der Waals surface area contributed by atoms with Gasteiger partial charge < -0.3 is 5.11 Å². The van der Waals surface area contributed by atoms with E-state index in [1.54, 1.807) is 6.20 Å². The van der Waals surface area contributed by atoms with Gasteiger partial charge in [0.25, 0.3) is 0 Å². The Hall–Kier alpha value is -1.41. The molecule has 0 amide bonds. The van der Waals surface area contributed by atoms with Gasteiger partial charge in [0.15, 0.2) is 0 Å². The van der Waals surface area contributed by atoms with Gasteiger partial charge in [0.05, 0.1) is 11.8 Å². The molecule has 1 aromatic heterocycles. The van der Waals surface area contributed by atoms with Crippen LogP contribution in [0.5, 0.6) is 0 Å². The monoisotopic (exact) mass is 229 g/mol. The molecule has 2 aromatic rings. The molecule has 1 N–H and O–H groups in total. The zero-order valence-electron chi connectivity index (χ0n) is 10.4. The van der Waals surface area contributed by atoms with Gasteiger partial charge >= 0.3 is 0 Å². The van der Waals surface area contributed by atoms with E-state index in [2.05, 4.69) is 24.9 Å². The lowest BCUT2D eigenvalue weighted by molar-refractivity contribution is 0.143. The summed E-state index contributed by atoms with van der Waals surface area (Å²) in [5.74, 6) is 0.519. The van der Waals surface area contributed by atoms with Crippen LogP contribution in [0.1, 0.15) is 38.5 Å². The number of aliphatic hydroxyl groups is 1. The van der Waals surface area contributed by atoms with E-state index in [0.717, 1.165) is 29.3 Å². The van der Waals surface area contributed by atoms with Gasteiger partial charge in [-0.05, 0) is 23.8 Å². The minimum absolute atomic E-state index is 0.462. The molecule has 17 heavy (non-hydrogen) atoms. The second-order valence-electron chi connectivity index (χ2n) is 4.68. The maximum absolute atomic E-state index is 10.3. The summed E-state index contributed by atoms with van der Waals surface area (Å²) < 4.78 is 0. The Balaban J connectivity index is 2.34. The van der Waals surface area contributed by atoms with Crippen LogP contribution in [0.3, 0.4) is 0 Å². The summed E-state index contributed by atoms with van der Waals surface area (Å²) in [6.45, 7) is 4.31. The smallest absolute Gasteiger partial charge is 0.0968 e. The van der Waals surface area contributed by atoms with Crippen molar-refractivity contribution in [2.45, 2.75) is 32.8 Å². The molecule has 0 aliphatic rings. The van der Waals surface area contributed by atoms with Crippen LogP contribution in [-0.4, -0.2) is 10.1 Å². The minimum atomic E-state index is -0.462. The van der Waals surface area contributed by atoms with Crippen molar-refractivity contribution in [3.05, 3.63) is 42.2 Å². The van der Waals surface area contributed by atoms with E-state index in [9.17, 15) is 5.11 Å². The van der Waals surface area contributed by atoms with Crippen molar-refractivity contribution < 1.29 is 5.11 Å². The third-order valence-corrected chi connectivity index (χ3v) is 3.34. The SMILES string of the molecule is CCC(C)CC(O)c1nccc2ccccc12. The van der Waals surface area contributed by atoms with Crippen LogP contribution in [-0.2, 0) is 0 Å². The molecule has 0 spiro atoms. The van der Waals surface area contributed by atoms with Gasteiger partial charge in [-0.2, -0.15) is 0 Å². The van der Waals surface area contributed by atoms with Crippen molar-refractivity contribution >= 4 is 10.8 Å². The molecule has 2 atom stereocenters. The molecule has 2 nitrogen and oxygen atoms in total. The quantitative estimate of drug-likeness (QED) is 0.867. The van der Waals surface area contributed by atoms with E-state index >= 15 is 0 Å². The minimum Gasteiger partial charge on any atom is -0.387 e. The standard InChI is InChI=1S/C15H19NO/c1-3-11(2)10-14(17)15-13-7-5-4-6-12(13)8-9-16-15/h4-9,11,14,17H,3,10H2,1-2H3. The number of rotatable bonds is 4. The van der Waals surface area contributed by atoms with Crippen LogP contribution < -0.4 is 0 Å². The zero-order chi connectivity index (χ0) is 12.3. The molecule has 0 saturated carbocycles. The third kappa shape index (κ3) is 2.64. The van der Waals surface area contributed by atoms with Crippen LogP contribution in [0.2, 0.25) is 0 Å². The number of aromatic nitrogens is 1. The highest BCUT2D eigenvalue weighted by Gasteiger charge is 2.15. The Morgan fingerprint density at radius 3 is 2.76 bits per heavy atom. The molecular weight excluding hydrogens is 210 g/mol. The van der Waals surface area contributed by atoms with Crippen molar-refractivity contribution in [2.75, 3.05) is 0 Å². The van der Waals surface area contributed by atoms with E-state index in [1.165, 1.54) is 0 Å². The number of fused-ring (bicyclic) bond motifs is 1. The van der Waals surface area contributed by atoms with E-state index in [0.29, 0.717) is 5.92 Å². The lowest BCUT2D eigenvalue weighted by Crippen LogP contribution is -2.06.